The summed E-state index contributed by atoms with van der Waals surface area (Å²) < 4.78 is 5.24. The molecule has 8 nitrogen and oxygen atoms in total. The molecule has 3 aliphatic rings. The zero-order valence-corrected chi connectivity index (χ0v) is 21.1. The summed E-state index contributed by atoms with van der Waals surface area (Å²) in [5.74, 6) is 1.19. The normalized spacial score (nSPS) is 24.4. The van der Waals surface area contributed by atoms with Crippen molar-refractivity contribution >= 4 is 17.5 Å². The summed E-state index contributed by atoms with van der Waals surface area (Å²) in [6.45, 7) is 5.47. The Morgan fingerprint density at radius 2 is 1.81 bits per heavy atom. The van der Waals surface area contributed by atoms with Crippen LogP contribution in [0.3, 0.4) is 0 Å². The van der Waals surface area contributed by atoms with E-state index in [4.69, 9.17) is 4.74 Å². The van der Waals surface area contributed by atoms with Crippen molar-refractivity contribution in [1.29, 1.82) is 0 Å². The van der Waals surface area contributed by atoms with Gasteiger partial charge >= 0.3 is 0 Å². The van der Waals surface area contributed by atoms with Gasteiger partial charge in [-0.15, -0.1) is 0 Å². The maximum Gasteiger partial charge on any atom is 0.237 e. The van der Waals surface area contributed by atoms with E-state index in [1.165, 1.54) is 11.3 Å². The van der Waals surface area contributed by atoms with Crippen molar-refractivity contribution < 1.29 is 14.3 Å². The lowest BCUT2D eigenvalue weighted by atomic mass is 10.0. The molecule has 2 amide bonds. The third-order valence-corrected chi connectivity index (χ3v) is 7.82. The summed E-state index contributed by atoms with van der Waals surface area (Å²) in [4.78, 5) is 32.2. The minimum Gasteiger partial charge on any atom is -0.497 e. The zero-order valence-electron chi connectivity index (χ0n) is 21.1. The van der Waals surface area contributed by atoms with Crippen LogP contribution in [0.25, 0.3) is 0 Å². The highest BCUT2D eigenvalue weighted by Crippen LogP contribution is 2.26. The fourth-order valence-electron chi connectivity index (χ4n) is 5.70. The van der Waals surface area contributed by atoms with Gasteiger partial charge in [-0.3, -0.25) is 14.5 Å². The van der Waals surface area contributed by atoms with Gasteiger partial charge in [0, 0.05) is 70.0 Å². The van der Waals surface area contributed by atoms with Crippen LogP contribution in [0.1, 0.15) is 24.8 Å². The van der Waals surface area contributed by atoms with Crippen LogP contribution in [0.4, 0.5) is 5.69 Å². The van der Waals surface area contributed by atoms with Crippen molar-refractivity contribution in [3.8, 4) is 5.75 Å². The Morgan fingerprint density at radius 1 is 1.06 bits per heavy atom. The summed E-state index contributed by atoms with van der Waals surface area (Å²) in [5.41, 5.74) is 2.41. The van der Waals surface area contributed by atoms with Crippen LogP contribution in [0.15, 0.2) is 54.6 Å². The summed E-state index contributed by atoms with van der Waals surface area (Å²) in [6.07, 6.45) is 2.10. The van der Waals surface area contributed by atoms with E-state index in [1.54, 1.807) is 7.11 Å². The maximum absolute atomic E-state index is 13.0. The van der Waals surface area contributed by atoms with Gasteiger partial charge in [0.05, 0.1) is 13.2 Å². The lowest BCUT2D eigenvalue weighted by Crippen LogP contribution is -2.58. The van der Waals surface area contributed by atoms with E-state index >= 15 is 0 Å². The summed E-state index contributed by atoms with van der Waals surface area (Å²) in [5, 5.41) is 6.71. The molecule has 2 aromatic carbocycles. The number of benzene rings is 2. The fraction of sp³-hybridized carbons (Fsp3) is 0.500. The van der Waals surface area contributed by atoms with Gasteiger partial charge < -0.3 is 25.2 Å². The van der Waals surface area contributed by atoms with Crippen LogP contribution in [0.2, 0.25) is 0 Å². The first-order chi connectivity index (χ1) is 17.6. The molecule has 0 spiro atoms. The van der Waals surface area contributed by atoms with Crippen molar-refractivity contribution in [3.05, 3.63) is 60.2 Å². The van der Waals surface area contributed by atoms with Gasteiger partial charge in [0.2, 0.25) is 11.8 Å². The second-order valence-electron chi connectivity index (χ2n) is 10.0. The molecule has 192 valence electrons. The number of nitrogens with one attached hydrogen (secondary N) is 2. The highest BCUT2D eigenvalue weighted by molar-refractivity contribution is 5.83. The van der Waals surface area contributed by atoms with Gasteiger partial charge in [0.1, 0.15) is 5.75 Å². The molecule has 3 saturated heterocycles. The van der Waals surface area contributed by atoms with Crippen LogP contribution in [0.5, 0.6) is 5.75 Å². The van der Waals surface area contributed by atoms with Gasteiger partial charge in [0.15, 0.2) is 0 Å². The minimum absolute atomic E-state index is 0.110. The molecule has 0 bridgehead atoms. The van der Waals surface area contributed by atoms with Crippen molar-refractivity contribution in [2.75, 3.05) is 51.3 Å². The number of ether oxygens (including phenoxy) is 1. The maximum atomic E-state index is 13.0. The van der Waals surface area contributed by atoms with Gasteiger partial charge in [-0.1, -0.05) is 30.3 Å². The molecule has 36 heavy (non-hydrogen) atoms. The Kier molecular flexibility index (Phi) is 7.72. The molecular weight excluding hydrogens is 454 g/mol. The molecule has 3 aliphatic heterocycles. The first-order valence-corrected chi connectivity index (χ1v) is 13.1. The van der Waals surface area contributed by atoms with Crippen LogP contribution in [-0.2, 0) is 16.1 Å². The van der Waals surface area contributed by atoms with E-state index in [1.807, 2.05) is 23.1 Å². The SMILES string of the molecule is COc1ccc(CN[C@@H]2C[C@@H]3C(=O)NC[C@@H](CCC(=O)N4CCN(c5ccccc5)CC4)N3C2)cc1. The first kappa shape index (κ1) is 24.6. The molecule has 0 saturated carbocycles. The zero-order chi connectivity index (χ0) is 24.9. The Balaban J connectivity index is 1.09. The predicted octanol–water partition coefficient (Wildman–Crippen LogP) is 1.86. The second-order valence-corrected chi connectivity index (χ2v) is 10.0. The summed E-state index contributed by atoms with van der Waals surface area (Å²) in [6, 6.07) is 18.8. The summed E-state index contributed by atoms with van der Waals surface area (Å²) in [7, 11) is 1.67. The van der Waals surface area contributed by atoms with Crippen LogP contribution >= 0.6 is 0 Å². The number of carbonyl (C=O) groups excluding carboxylic acids is 2. The third kappa shape index (κ3) is 5.65. The largest absolute Gasteiger partial charge is 0.497 e. The van der Waals surface area contributed by atoms with E-state index in [0.29, 0.717) is 13.0 Å². The van der Waals surface area contributed by atoms with Gasteiger partial charge in [0.25, 0.3) is 0 Å². The number of piperazine rings is 2. The van der Waals surface area contributed by atoms with Crippen LogP contribution in [0, 0.1) is 0 Å². The number of hydrogen-bond donors (Lipinski definition) is 2. The number of fused-ring (bicyclic) bond motifs is 1. The molecule has 3 fully saturated rings. The number of methoxy groups -OCH3 is 1. The average Bonchev–Trinajstić information content (AvgIpc) is 3.38. The molecule has 3 atom stereocenters. The molecule has 2 aromatic rings. The quantitative estimate of drug-likeness (QED) is 0.587. The smallest absolute Gasteiger partial charge is 0.237 e. The molecule has 0 aromatic heterocycles. The van der Waals surface area contributed by atoms with E-state index < -0.39 is 0 Å². The number of anilines is 1. The number of para-hydroxylation sites is 1. The highest BCUT2D eigenvalue weighted by Gasteiger charge is 2.43. The van der Waals surface area contributed by atoms with Gasteiger partial charge in [-0.05, 0) is 42.7 Å². The Hall–Kier alpha value is -3.10. The molecule has 0 unspecified atom stereocenters. The Labute approximate surface area is 213 Å². The number of amides is 2. The fourth-order valence-corrected chi connectivity index (χ4v) is 5.70. The average molecular weight is 492 g/mol. The van der Waals surface area contributed by atoms with Crippen molar-refractivity contribution in [3.63, 3.8) is 0 Å². The van der Waals surface area contributed by atoms with Crippen molar-refractivity contribution in [1.82, 2.24) is 20.4 Å². The first-order valence-electron chi connectivity index (χ1n) is 13.1. The van der Waals surface area contributed by atoms with E-state index in [9.17, 15) is 9.59 Å². The molecule has 3 heterocycles. The molecule has 2 N–H and O–H groups in total. The topological polar surface area (TPSA) is 77.1 Å². The summed E-state index contributed by atoms with van der Waals surface area (Å²) >= 11 is 0. The van der Waals surface area contributed by atoms with E-state index in [0.717, 1.165) is 57.9 Å². The number of carbonyl (C=O) groups is 2. The standard InChI is InChI=1S/C28H37N5O3/c1-36-25-10-7-21(8-11-25)18-29-22-17-26-28(35)30-19-24(33(26)20-22)9-12-27(34)32-15-13-31(14-16-32)23-5-3-2-4-6-23/h2-8,10-11,22,24,26,29H,9,12-20H2,1H3,(H,30,35)/t22-,24-,26-/m1/s1. The van der Waals surface area contributed by atoms with E-state index in [-0.39, 0.29) is 29.9 Å². The predicted molar refractivity (Wildman–Crippen MR) is 140 cm³/mol. The van der Waals surface area contributed by atoms with Crippen LogP contribution in [-0.4, -0.2) is 86.1 Å². The molecule has 8 heteroatoms. The Bertz CT molecular complexity index is 1020. The number of rotatable bonds is 8. The molecule has 0 radical (unpaired) electrons. The van der Waals surface area contributed by atoms with E-state index in [2.05, 4.69) is 56.8 Å². The number of nitrogens with zero attached hydrogens (tertiary/aromatic N) is 3. The molecule has 0 aliphatic carbocycles. The molecule has 5 rings (SSSR count). The highest BCUT2D eigenvalue weighted by atomic mass is 16.5. The van der Waals surface area contributed by atoms with Gasteiger partial charge in [-0.2, -0.15) is 0 Å². The van der Waals surface area contributed by atoms with Gasteiger partial charge in [-0.25, -0.2) is 0 Å². The lowest BCUT2D eigenvalue weighted by Gasteiger charge is -2.38. The second kappa shape index (κ2) is 11.3. The molecular formula is C28H37N5O3. The lowest BCUT2D eigenvalue weighted by molar-refractivity contribution is -0.132. The van der Waals surface area contributed by atoms with Crippen molar-refractivity contribution in [2.24, 2.45) is 0 Å². The number of hydrogen-bond acceptors (Lipinski definition) is 6. The minimum atomic E-state index is -0.110. The monoisotopic (exact) mass is 491 g/mol. The third-order valence-electron chi connectivity index (χ3n) is 7.82. The van der Waals surface area contributed by atoms with Crippen LogP contribution < -0.4 is 20.3 Å². The Morgan fingerprint density at radius 3 is 2.53 bits per heavy atom. The van der Waals surface area contributed by atoms with Crippen molar-refractivity contribution in [2.45, 2.75) is 43.9 Å².